The second kappa shape index (κ2) is 5.40. The van der Waals surface area contributed by atoms with E-state index < -0.39 is 0 Å². The second-order valence-electron chi connectivity index (χ2n) is 6.50. The average molecular weight is 249 g/mol. The molecule has 0 saturated heterocycles. The van der Waals surface area contributed by atoms with Crippen LogP contribution in [-0.2, 0) is 6.42 Å². The summed E-state index contributed by atoms with van der Waals surface area (Å²) in [6.45, 7) is 6.91. The zero-order valence-electron chi connectivity index (χ0n) is 11.7. The van der Waals surface area contributed by atoms with Gasteiger partial charge in [0.1, 0.15) is 5.82 Å². The van der Waals surface area contributed by atoms with E-state index in [1.165, 1.54) is 24.8 Å². The third-order valence-corrected chi connectivity index (χ3v) is 3.94. The lowest BCUT2D eigenvalue weighted by molar-refractivity contribution is 0.354. The Labute approximate surface area is 110 Å². The molecule has 1 aliphatic carbocycles. The summed E-state index contributed by atoms with van der Waals surface area (Å²) >= 11 is 0. The van der Waals surface area contributed by atoms with Crippen LogP contribution in [0.2, 0.25) is 0 Å². The Bertz CT molecular complexity index is 383. The van der Waals surface area contributed by atoms with Gasteiger partial charge >= 0.3 is 0 Å². The maximum absolute atomic E-state index is 12.8. The van der Waals surface area contributed by atoms with Crippen molar-refractivity contribution in [2.45, 2.75) is 58.5 Å². The molecule has 18 heavy (non-hydrogen) atoms. The molecular weight excluding hydrogens is 225 g/mol. The van der Waals surface area contributed by atoms with Gasteiger partial charge in [-0.15, -0.1) is 0 Å². The lowest BCUT2D eigenvalue weighted by Gasteiger charge is -2.21. The average Bonchev–Trinajstić information content (AvgIpc) is 2.61. The monoisotopic (exact) mass is 249 g/mol. The molecule has 1 aliphatic rings. The summed E-state index contributed by atoms with van der Waals surface area (Å²) in [5, 5.41) is 3.70. The van der Waals surface area contributed by atoms with E-state index in [2.05, 4.69) is 26.1 Å². The molecule has 1 nitrogen and oxygen atoms in total. The summed E-state index contributed by atoms with van der Waals surface area (Å²) < 4.78 is 12.8. The van der Waals surface area contributed by atoms with E-state index in [0.717, 1.165) is 6.42 Å². The highest BCUT2D eigenvalue weighted by Gasteiger charge is 2.31. The summed E-state index contributed by atoms with van der Waals surface area (Å²) in [6.07, 6.45) is 4.83. The van der Waals surface area contributed by atoms with Gasteiger partial charge in [0.15, 0.2) is 0 Å². The van der Waals surface area contributed by atoms with Crippen LogP contribution in [0.3, 0.4) is 0 Å². The maximum atomic E-state index is 12.8. The van der Waals surface area contributed by atoms with Crippen molar-refractivity contribution in [2.75, 3.05) is 0 Å². The molecule has 1 aromatic carbocycles. The largest absolute Gasteiger partial charge is 0.311 e. The predicted molar refractivity (Wildman–Crippen MR) is 74.1 cm³/mol. The fourth-order valence-electron chi connectivity index (χ4n) is 3.01. The van der Waals surface area contributed by atoms with Crippen molar-refractivity contribution in [2.24, 2.45) is 5.41 Å². The molecular formula is C16H24FN. The van der Waals surface area contributed by atoms with Crippen molar-refractivity contribution in [1.82, 2.24) is 5.32 Å². The van der Waals surface area contributed by atoms with Crippen LogP contribution >= 0.6 is 0 Å². The highest BCUT2D eigenvalue weighted by atomic mass is 19.1. The van der Waals surface area contributed by atoms with Gasteiger partial charge in [0.25, 0.3) is 0 Å². The molecule has 0 heterocycles. The van der Waals surface area contributed by atoms with Crippen molar-refractivity contribution in [3.63, 3.8) is 0 Å². The minimum Gasteiger partial charge on any atom is -0.311 e. The van der Waals surface area contributed by atoms with Gasteiger partial charge in [-0.1, -0.05) is 26.0 Å². The van der Waals surface area contributed by atoms with Gasteiger partial charge in [0.2, 0.25) is 0 Å². The number of rotatable bonds is 4. The Morgan fingerprint density at radius 1 is 1.33 bits per heavy atom. The number of halogens is 1. The van der Waals surface area contributed by atoms with E-state index in [1.54, 1.807) is 12.1 Å². The van der Waals surface area contributed by atoms with E-state index in [4.69, 9.17) is 0 Å². The van der Waals surface area contributed by atoms with Crippen LogP contribution < -0.4 is 5.32 Å². The molecule has 2 unspecified atom stereocenters. The quantitative estimate of drug-likeness (QED) is 0.852. The summed E-state index contributed by atoms with van der Waals surface area (Å²) in [5.74, 6) is -0.156. The fourth-order valence-corrected chi connectivity index (χ4v) is 3.01. The Balaban J connectivity index is 1.82. The highest BCUT2D eigenvalue weighted by molar-refractivity contribution is 5.17. The van der Waals surface area contributed by atoms with Crippen LogP contribution in [0.5, 0.6) is 0 Å². The summed E-state index contributed by atoms with van der Waals surface area (Å²) in [6, 6.07) is 7.95. The first kappa shape index (κ1) is 13.5. The van der Waals surface area contributed by atoms with E-state index in [9.17, 15) is 4.39 Å². The van der Waals surface area contributed by atoms with Gasteiger partial charge in [-0.3, -0.25) is 0 Å². The molecule has 0 aliphatic heterocycles. The van der Waals surface area contributed by atoms with E-state index in [-0.39, 0.29) is 5.82 Å². The molecule has 1 N–H and O–H groups in total. The van der Waals surface area contributed by atoms with Crippen molar-refractivity contribution in [3.05, 3.63) is 35.6 Å². The molecule has 2 heteroatoms. The van der Waals surface area contributed by atoms with Crippen molar-refractivity contribution < 1.29 is 4.39 Å². The van der Waals surface area contributed by atoms with Crippen LogP contribution in [0.15, 0.2) is 24.3 Å². The van der Waals surface area contributed by atoms with E-state index in [1.807, 2.05) is 12.1 Å². The van der Waals surface area contributed by atoms with Crippen LogP contribution in [0.4, 0.5) is 4.39 Å². The number of hydrogen-bond acceptors (Lipinski definition) is 1. The predicted octanol–water partition coefficient (Wildman–Crippen LogP) is 3.93. The van der Waals surface area contributed by atoms with Crippen molar-refractivity contribution >= 4 is 0 Å². The van der Waals surface area contributed by atoms with Gasteiger partial charge in [-0.2, -0.15) is 0 Å². The number of nitrogens with one attached hydrogen (secondary N) is 1. The minimum atomic E-state index is -0.156. The first-order valence-electron chi connectivity index (χ1n) is 6.95. The molecule has 2 rings (SSSR count). The Morgan fingerprint density at radius 2 is 2.00 bits per heavy atom. The summed E-state index contributed by atoms with van der Waals surface area (Å²) in [7, 11) is 0. The van der Waals surface area contributed by atoms with Gasteiger partial charge in [-0.05, 0) is 55.7 Å². The van der Waals surface area contributed by atoms with E-state index in [0.29, 0.717) is 17.5 Å². The normalized spacial score (nSPS) is 24.1. The Hall–Kier alpha value is -0.890. The van der Waals surface area contributed by atoms with Crippen LogP contribution in [0.25, 0.3) is 0 Å². The zero-order chi connectivity index (χ0) is 13.2. The van der Waals surface area contributed by atoms with Crippen LogP contribution in [0, 0.1) is 11.2 Å². The van der Waals surface area contributed by atoms with Crippen molar-refractivity contribution in [1.29, 1.82) is 0 Å². The lowest BCUT2D eigenvalue weighted by Crippen LogP contribution is -2.36. The highest BCUT2D eigenvalue weighted by Crippen LogP contribution is 2.37. The standard InChI is InChI=1S/C16H24FN/c1-12(10-13-4-6-14(17)7-5-13)18-15-8-9-16(2,3)11-15/h4-7,12,15,18H,8-11H2,1-3H3. The van der Waals surface area contributed by atoms with Crippen molar-refractivity contribution in [3.8, 4) is 0 Å². The molecule has 1 fully saturated rings. The van der Waals surface area contributed by atoms with Gasteiger partial charge < -0.3 is 5.32 Å². The Morgan fingerprint density at radius 3 is 2.56 bits per heavy atom. The molecule has 1 saturated carbocycles. The van der Waals surface area contributed by atoms with Crippen LogP contribution in [-0.4, -0.2) is 12.1 Å². The van der Waals surface area contributed by atoms with E-state index >= 15 is 0 Å². The van der Waals surface area contributed by atoms with Gasteiger partial charge in [0.05, 0.1) is 0 Å². The van der Waals surface area contributed by atoms with Gasteiger partial charge in [-0.25, -0.2) is 4.39 Å². The fraction of sp³-hybridized carbons (Fsp3) is 0.625. The third-order valence-electron chi connectivity index (χ3n) is 3.94. The molecule has 0 aromatic heterocycles. The molecule has 0 spiro atoms. The lowest BCUT2D eigenvalue weighted by atomic mass is 9.91. The second-order valence-corrected chi connectivity index (χ2v) is 6.50. The molecule has 100 valence electrons. The van der Waals surface area contributed by atoms with Gasteiger partial charge in [0, 0.05) is 12.1 Å². The molecule has 0 radical (unpaired) electrons. The molecule has 2 atom stereocenters. The topological polar surface area (TPSA) is 12.0 Å². The minimum absolute atomic E-state index is 0.156. The first-order valence-corrected chi connectivity index (χ1v) is 6.95. The first-order chi connectivity index (χ1) is 8.44. The SMILES string of the molecule is CC(Cc1ccc(F)cc1)NC1CCC(C)(C)C1. The van der Waals surface area contributed by atoms with Crippen LogP contribution in [0.1, 0.15) is 45.6 Å². The number of hydrogen-bond donors (Lipinski definition) is 1. The number of benzene rings is 1. The maximum Gasteiger partial charge on any atom is 0.123 e. The Kier molecular flexibility index (Phi) is 4.06. The third kappa shape index (κ3) is 3.81. The molecule has 0 bridgehead atoms. The summed E-state index contributed by atoms with van der Waals surface area (Å²) in [5.41, 5.74) is 1.70. The summed E-state index contributed by atoms with van der Waals surface area (Å²) in [4.78, 5) is 0. The molecule has 1 aromatic rings. The zero-order valence-corrected chi connectivity index (χ0v) is 11.7. The molecule has 0 amide bonds. The smallest absolute Gasteiger partial charge is 0.123 e.